The number of hydrogen-bond acceptors (Lipinski definition) is 1. The third-order valence-electron chi connectivity index (χ3n) is 1.69. The van der Waals surface area contributed by atoms with Crippen LogP contribution in [0.4, 0.5) is 4.39 Å². The largest absolute Gasteiger partial charge is 0.305 e. The van der Waals surface area contributed by atoms with Crippen LogP contribution in [0.5, 0.6) is 0 Å². The molecule has 0 N–H and O–H groups in total. The second-order valence-electron chi connectivity index (χ2n) is 2.57. The van der Waals surface area contributed by atoms with Gasteiger partial charge in [0.15, 0.2) is 0 Å². The van der Waals surface area contributed by atoms with Gasteiger partial charge >= 0.3 is 0 Å². The van der Waals surface area contributed by atoms with Crippen molar-refractivity contribution < 1.29 is 4.39 Å². The highest BCUT2D eigenvalue weighted by Gasteiger charge is 2.02. The molecule has 2 aromatic rings. The van der Waals surface area contributed by atoms with Gasteiger partial charge in [-0.15, -0.1) is 0 Å². The summed E-state index contributed by atoms with van der Waals surface area (Å²) < 4.78 is 15.7. The smallest absolute Gasteiger partial charge is 0.125 e. The molecule has 13 heavy (non-hydrogen) atoms. The van der Waals surface area contributed by atoms with Crippen LogP contribution in [0.1, 0.15) is 0 Å². The maximum atomic E-state index is 12.9. The zero-order valence-electron chi connectivity index (χ0n) is 6.61. The molecule has 0 spiro atoms. The van der Waals surface area contributed by atoms with E-state index in [1.165, 1.54) is 12.1 Å². The van der Waals surface area contributed by atoms with Crippen molar-refractivity contribution in [1.82, 2.24) is 9.55 Å². The third-order valence-corrected chi connectivity index (χ3v) is 2.60. The van der Waals surface area contributed by atoms with Crippen molar-refractivity contribution in [2.24, 2.45) is 0 Å². The molecule has 1 aromatic heterocycles. The zero-order valence-corrected chi connectivity index (χ0v) is 8.77. The first-order valence-corrected chi connectivity index (χ1v) is 4.78. The highest BCUT2D eigenvalue weighted by Crippen LogP contribution is 2.17. The summed E-state index contributed by atoms with van der Waals surface area (Å²) in [6.07, 6.45) is 5.11. The predicted octanol–water partition coefficient (Wildman–Crippen LogP) is 2.62. The Morgan fingerprint density at radius 1 is 1.38 bits per heavy atom. The van der Waals surface area contributed by atoms with E-state index in [-0.39, 0.29) is 5.82 Å². The molecule has 66 valence electrons. The standard InChI is InChI=1S/C9H6FIN2/c10-7-1-2-8(11)9(5-7)13-4-3-12-6-13/h1-6H. The summed E-state index contributed by atoms with van der Waals surface area (Å²) in [5.74, 6) is -0.232. The van der Waals surface area contributed by atoms with E-state index in [0.29, 0.717) is 0 Å². The molecule has 0 saturated carbocycles. The fourth-order valence-electron chi connectivity index (χ4n) is 1.09. The van der Waals surface area contributed by atoms with Gasteiger partial charge in [0.2, 0.25) is 0 Å². The molecular weight excluding hydrogens is 282 g/mol. The maximum absolute atomic E-state index is 12.9. The quantitative estimate of drug-likeness (QED) is 0.738. The van der Waals surface area contributed by atoms with Crippen molar-refractivity contribution in [3.05, 3.63) is 46.3 Å². The van der Waals surface area contributed by atoms with Gasteiger partial charge in [-0.2, -0.15) is 0 Å². The van der Waals surface area contributed by atoms with Crippen molar-refractivity contribution in [2.75, 3.05) is 0 Å². The minimum absolute atomic E-state index is 0.232. The van der Waals surface area contributed by atoms with Gasteiger partial charge in [-0.05, 0) is 40.8 Å². The minimum atomic E-state index is -0.232. The van der Waals surface area contributed by atoms with Gasteiger partial charge in [0, 0.05) is 16.0 Å². The summed E-state index contributed by atoms with van der Waals surface area (Å²) in [6, 6.07) is 4.68. The monoisotopic (exact) mass is 288 g/mol. The van der Waals surface area contributed by atoms with Crippen LogP contribution in [0.2, 0.25) is 0 Å². The van der Waals surface area contributed by atoms with Crippen LogP contribution in [0.15, 0.2) is 36.9 Å². The highest BCUT2D eigenvalue weighted by atomic mass is 127. The first-order valence-electron chi connectivity index (χ1n) is 3.71. The van der Waals surface area contributed by atoms with Crippen LogP contribution in [0.25, 0.3) is 5.69 Å². The van der Waals surface area contributed by atoms with Crippen LogP contribution in [0.3, 0.4) is 0 Å². The average molecular weight is 288 g/mol. The molecule has 0 unspecified atom stereocenters. The van der Waals surface area contributed by atoms with E-state index in [2.05, 4.69) is 27.6 Å². The summed E-state index contributed by atoms with van der Waals surface area (Å²) in [5, 5.41) is 0. The third kappa shape index (κ3) is 1.72. The lowest BCUT2D eigenvalue weighted by Crippen LogP contribution is -1.94. The van der Waals surface area contributed by atoms with E-state index in [4.69, 9.17) is 0 Å². The molecule has 1 aromatic carbocycles. The Morgan fingerprint density at radius 2 is 2.23 bits per heavy atom. The van der Waals surface area contributed by atoms with Crippen molar-refractivity contribution in [1.29, 1.82) is 0 Å². The molecule has 2 nitrogen and oxygen atoms in total. The molecule has 0 aliphatic heterocycles. The lowest BCUT2D eigenvalue weighted by atomic mass is 10.3. The summed E-state index contributed by atoms with van der Waals surface area (Å²) in [5.41, 5.74) is 0.818. The number of nitrogens with zero attached hydrogens (tertiary/aromatic N) is 2. The number of benzene rings is 1. The highest BCUT2D eigenvalue weighted by molar-refractivity contribution is 14.1. The summed E-state index contributed by atoms with van der Waals surface area (Å²) in [4.78, 5) is 3.91. The van der Waals surface area contributed by atoms with Gasteiger partial charge in [-0.1, -0.05) is 0 Å². The normalized spacial score (nSPS) is 10.3. The Labute approximate surface area is 88.6 Å². The average Bonchev–Trinajstić information content (AvgIpc) is 2.61. The van der Waals surface area contributed by atoms with Crippen LogP contribution in [-0.2, 0) is 0 Å². The Hall–Kier alpha value is -0.910. The van der Waals surface area contributed by atoms with Crippen molar-refractivity contribution in [3.63, 3.8) is 0 Å². The lowest BCUT2D eigenvalue weighted by molar-refractivity contribution is 0.626. The summed E-state index contributed by atoms with van der Waals surface area (Å²) in [6.45, 7) is 0. The summed E-state index contributed by atoms with van der Waals surface area (Å²) in [7, 11) is 0. The predicted molar refractivity (Wildman–Crippen MR) is 56.2 cm³/mol. The molecule has 0 atom stereocenters. The first-order chi connectivity index (χ1) is 6.27. The fraction of sp³-hybridized carbons (Fsp3) is 0. The fourth-order valence-corrected chi connectivity index (χ4v) is 1.70. The Balaban J connectivity index is 2.57. The van der Waals surface area contributed by atoms with Crippen molar-refractivity contribution in [3.8, 4) is 5.69 Å². The van der Waals surface area contributed by atoms with Crippen LogP contribution < -0.4 is 0 Å². The minimum Gasteiger partial charge on any atom is -0.305 e. The molecule has 1 heterocycles. The topological polar surface area (TPSA) is 17.8 Å². The molecule has 0 aliphatic rings. The van der Waals surface area contributed by atoms with Gasteiger partial charge in [0.1, 0.15) is 5.82 Å². The van der Waals surface area contributed by atoms with Gasteiger partial charge in [-0.25, -0.2) is 9.37 Å². The van der Waals surface area contributed by atoms with Crippen molar-refractivity contribution in [2.45, 2.75) is 0 Å². The van der Waals surface area contributed by atoms with Crippen LogP contribution >= 0.6 is 22.6 Å². The van der Waals surface area contributed by atoms with E-state index >= 15 is 0 Å². The molecule has 0 amide bonds. The molecular formula is C9H6FIN2. The molecule has 0 fully saturated rings. The Kier molecular flexibility index (Phi) is 2.30. The molecule has 0 radical (unpaired) electrons. The summed E-state index contributed by atoms with van der Waals surface area (Å²) >= 11 is 2.16. The number of hydrogen-bond donors (Lipinski definition) is 0. The van der Waals surface area contributed by atoms with Crippen LogP contribution in [-0.4, -0.2) is 9.55 Å². The van der Waals surface area contributed by atoms with E-state index in [0.717, 1.165) is 9.26 Å². The van der Waals surface area contributed by atoms with Gasteiger partial charge in [0.05, 0.1) is 12.0 Å². The van der Waals surface area contributed by atoms with E-state index in [9.17, 15) is 4.39 Å². The molecule has 0 bridgehead atoms. The number of aromatic nitrogens is 2. The number of halogens is 2. The van der Waals surface area contributed by atoms with E-state index in [1.807, 2.05) is 0 Å². The second-order valence-corrected chi connectivity index (χ2v) is 3.73. The van der Waals surface area contributed by atoms with Gasteiger partial charge in [0.25, 0.3) is 0 Å². The van der Waals surface area contributed by atoms with Crippen LogP contribution in [0, 0.1) is 9.39 Å². The maximum Gasteiger partial charge on any atom is 0.125 e. The van der Waals surface area contributed by atoms with Crippen molar-refractivity contribution >= 4 is 22.6 Å². The number of imidazole rings is 1. The van der Waals surface area contributed by atoms with Gasteiger partial charge < -0.3 is 4.57 Å². The van der Waals surface area contributed by atoms with E-state index < -0.39 is 0 Å². The SMILES string of the molecule is Fc1ccc(I)c(-n2ccnc2)c1. The lowest BCUT2D eigenvalue weighted by Gasteiger charge is -2.04. The second kappa shape index (κ2) is 3.45. The first kappa shape index (κ1) is 8.68. The molecule has 0 aliphatic carbocycles. The zero-order chi connectivity index (χ0) is 9.26. The molecule has 4 heteroatoms. The molecule has 0 saturated heterocycles. The van der Waals surface area contributed by atoms with E-state index in [1.54, 1.807) is 29.4 Å². The number of rotatable bonds is 1. The molecule has 2 rings (SSSR count). The Morgan fingerprint density at radius 3 is 2.92 bits per heavy atom. The Bertz CT molecular complexity index is 412. The van der Waals surface area contributed by atoms with Gasteiger partial charge in [-0.3, -0.25) is 0 Å².